The van der Waals surface area contributed by atoms with Crippen LogP contribution in [0.15, 0.2) is 114 Å². The van der Waals surface area contributed by atoms with Crippen molar-refractivity contribution in [2.75, 3.05) is 19.6 Å². The molecule has 15 nitrogen and oxygen atoms in total. The van der Waals surface area contributed by atoms with Gasteiger partial charge >= 0.3 is 0 Å². The van der Waals surface area contributed by atoms with Crippen LogP contribution in [0, 0.1) is 0 Å². The van der Waals surface area contributed by atoms with E-state index in [2.05, 4.69) is 61.2 Å². The highest BCUT2D eigenvalue weighted by atomic mass is 16.3. The number of benzene rings is 5. The third-order valence-electron chi connectivity index (χ3n) is 10.6. The summed E-state index contributed by atoms with van der Waals surface area (Å²) in [5, 5.41) is 31.4. The minimum atomic E-state index is -1.16. The Hall–Kier alpha value is -7.00. The molecule has 5 amide bonds. The van der Waals surface area contributed by atoms with Crippen LogP contribution in [0.4, 0.5) is 0 Å². The molecule has 11 N–H and O–H groups in total. The van der Waals surface area contributed by atoms with E-state index in [1.54, 1.807) is 12.1 Å². The highest BCUT2D eigenvalue weighted by Gasteiger charge is 2.32. The Labute approximate surface area is 354 Å². The fourth-order valence-corrected chi connectivity index (χ4v) is 7.38. The number of hydrogen-bond acceptors (Lipinski definition) is 8. The van der Waals surface area contributed by atoms with Crippen LogP contribution in [0.2, 0.25) is 0 Å². The summed E-state index contributed by atoms with van der Waals surface area (Å²) < 4.78 is 0. The van der Waals surface area contributed by atoms with Crippen LogP contribution in [-0.4, -0.2) is 84.4 Å². The second-order valence-corrected chi connectivity index (χ2v) is 15.2. The summed E-state index contributed by atoms with van der Waals surface area (Å²) in [7, 11) is 0. The van der Waals surface area contributed by atoms with E-state index in [1.807, 2.05) is 60.7 Å². The van der Waals surface area contributed by atoms with Crippen molar-refractivity contribution in [2.45, 2.75) is 69.2 Å². The molecule has 1 aliphatic heterocycles. The lowest BCUT2D eigenvalue weighted by atomic mass is 10.0. The average molecular weight is 828 g/mol. The van der Waals surface area contributed by atoms with E-state index < -0.39 is 60.2 Å². The van der Waals surface area contributed by atoms with Crippen LogP contribution in [0.3, 0.4) is 0 Å². The van der Waals surface area contributed by atoms with Gasteiger partial charge < -0.3 is 48.5 Å². The third-order valence-corrected chi connectivity index (χ3v) is 10.6. The van der Waals surface area contributed by atoms with Crippen molar-refractivity contribution in [3.8, 4) is 5.75 Å². The first kappa shape index (κ1) is 43.6. The highest BCUT2D eigenvalue weighted by molar-refractivity contribution is 5.97. The van der Waals surface area contributed by atoms with Crippen LogP contribution in [0.25, 0.3) is 21.5 Å². The largest absolute Gasteiger partial charge is 0.508 e. The smallest absolute Gasteiger partial charge is 0.243 e. The van der Waals surface area contributed by atoms with E-state index in [4.69, 9.17) is 11.5 Å². The van der Waals surface area contributed by atoms with Crippen LogP contribution in [-0.2, 0) is 43.4 Å². The van der Waals surface area contributed by atoms with Crippen LogP contribution in [0.5, 0.6) is 5.75 Å². The second kappa shape index (κ2) is 21.3. The first-order valence-corrected chi connectivity index (χ1v) is 20.5. The summed E-state index contributed by atoms with van der Waals surface area (Å²) in [4.78, 5) is 73.8. The minimum Gasteiger partial charge on any atom is -0.508 e. The molecule has 15 heteroatoms. The maximum Gasteiger partial charge on any atom is 0.243 e. The van der Waals surface area contributed by atoms with Crippen LogP contribution in [0.1, 0.15) is 42.4 Å². The third kappa shape index (κ3) is 12.7. The number of fused-ring (bicyclic) bond motifs is 2. The molecule has 5 aromatic carbocycles. The molecule has 5 aromatic rings. The molecule has 0 radical (unpaired) electrons. The quantitative estimate of drug-likeness (QED) is 0.0452. The van der Waals surface area contributed by atoms with E-state index in [0.29, 0.717) is 31.5 Å². The molecular formula is C46H53N9O6. The molecule has 0 saturated carbocycles. The Morgan fingerprint density at radius 3 is 1.95 bits per heavy atom. The summed E-state index contributed by atoms with van der Waals surface area (Å²) in [6, 6.07) is 29.3. The molecule has 1 heterocycles. The molecule has 0 aromatic heterocycles. The standard InChI is InChI=1S/C46H53N9O6/c47-46(48)50-23-7-15-38-44(60)55-39(26-30-16-19-31-8-1-2-10-33(31)24-30)42(58)51-28-41(57)52-40(25-29-17-20-35(56)21-18-29)45(61)54-37(43(59)53-38)14-6-22-49-27-34-12-5-11-32-9-3-4-13-36(32)34/h1-5,8-13,16-21,24,37-40,49,56H,6-7,14-15,22-23,25-28H2,(H,51,58)(H,52,57)(H,53,59)(H,54,61)(H,55,60)(H4,47,48,50)/t37-,38-,39-,40+/m0/s1. The van der Waals surface area contributed by atoms with Gasteiger partial charge in [-0.15, -0.1) is 0 Å². The number of carbonyl (C=O) groups is 5. The predicted octanol–water partition coefficient (Wildman–Crippen LogP) is 2.18. The predicted molar refractivity (Wildman–Crippen MR) is 235 cm³/mol. The van der Waals surface area contributed by atoms with Crippen molar-refractivity contribution in [2.24, 2.45) is 16.5 Å². The number of hydrogen-bond donors (Lipinski definition) is 9. The number of nitrogens with two attached hydrogens (primary N) is 2. The average Bonchev–Trinajstić information content (AvgIpc) is 3.25. The molecule has 0 bridgehead atoms. The molecule has 0 spiro atoms. The van der Waals surface area contributed by atoms with Gasteiger partial charge in [0.25, 0.3) is 0 Å². The SMILES string of the molecule is NC(N)=NCCC[C@@H]1NC(=O)[C@H](CCCNCc2cccc3ccccc23)NC(=O)[C@@H](Cc2ccc(O)cc2)NC(=O)CNC(=O)[C@H](Cc2ccc3ccccc3c2)NC1=O. The monoisotopic (exact) mass is 827 g/mol. The van der Waals surface area contributed by atoms with Gasteiger partial charge in [-0.1, -0.05) is 97.1 Å². The normalized spacial score (nSPS) is 19.1. The van der Waals surface area contributed by atoms with Gasteiger partial charge in [0.15, 0.2) is 5.96 Å². The molecule has 4 atom stereocenters. The van der Waals surface area contributed by atoms with Crippen molar-refractivity contribution < 1.29 is 29.1 Å². The van der Waals surface area contributed by atoms with Gasteiger partial charge in [-0.05, 0) is 82.6 Å². The molecule has 1 aliphatic rings. The Morgan fingerprint density at radius 1 is 0.623 bits per heavy atom. The maximum absolute atomic E-state index is 14.3. The number of nitrogens with one attached hydrogen (secondary N) is 6. The number of aliphatic imine (C=N–C) groups is 1. The van der Waals surface area contributed by atoms with Gasteiger partial charge in [-0.2, -0.15) is 0 Å². The molecule has 0 unspecified atom stereocenters. The van der Waals surface area contributed by atoms with Gasteiger partial charge in [-0.3, -0.25) is 29.0 Å². The van der Waals surface area contributed by atoms with Gasteiger partial charge in [0.05, 0.1) is 6.54 Å². The fraction of sp³-hybridized carbons (Fsp3) is 0.304. The van der Waals surface area contributed by atoms with Gasteiger partial charge in [-0.25, -0.2) is 0 Å². The first-order valence-electron chi connectivity index (χ1n) is 20.5. The number of phenolic OH excluding ortho intramolecular Hbond substituents is 1. The molecular weight excluding hydrogens is 775 g/mol. The molecule has 61 heavy (non-hydrogen) atoms. The zero-order chi connectivity index (χ0) is 43.1. The van der Waals surface area contributed by atoms with Crippen molar-refractivity contribution in [3.05, 3.63) is 126 Å². The van der Waals surface area contributed by atoms with Crippen molar-refractivity contribution in [1.82, 2.24) is 31.9 Å². The lowest BCUT2D eigenvalue weighted by molar-refractivity contribution is -0.134. The first-order chi connectivity index (χ1) is 29.5. The zero-order valence-corrected chi connectivity index (χ0v) is 33.9. The number of aromatic hydroxyl groups is 1. The van der Waals surface area contributed by atoms with Crippen molar-refractivity contribution in [1.29, 1.82) is 0 Å². The summed E-state index contributed by atoms with van der Waals surface area (Å²) in [5.74, 6) is -3.28. The van der Waals surface area contributed by atoms with Gasteiger partial charge in [0.2, 0.25) is 29.5 Å². The van der Waals surface area contributed by atoms with E-state index in [0.717, 1.165) is 32.7 Å². The minimum absolute atomic E-state index is 0.0186. The molecule has 6 rings (SSSR count). The molecule has 0 aliphatic carbocycles. The van der Waals surface area contributed by atoms with E-state index in [1.165, 1.54) is 12.1 Å². The van der Waals surface area contributed by atoms with Crippen molar-refractivity contribution >= 4 is 57.0 Å². The fourth-order valence-electron chi connectivity index (χ4n) is 7.38. The van der Waals surface area contributed by atoms with E-state index in [-0.39, 0.29) is 43.9 Å². The lowest BCUT2D eigenvalue weighted by Crippen LogP contribution is -2.58. The topological polar surface area (TPSA) is 242 Å². The van der Waals surface area contributed by atoms with Crippen molar-refractivity contribution in [3.63, 3.8) is 0 Å². The maximum atomic E-state index is 14.3. The van der Waals surface area contributed by atoms with Gasteiger partial charge in [0.1, 0.15) is 29.9 Å². The number of amides is 5. The Morgan fingerprint density at radius 2 is 1.21 bits per heavy atom. The molecule has 318 valence electrons. The summed E-state index contributed by atoms with van der Waals surface area (Å²) in [6.45, 7) is 0.769. The Balaban J connectivity index is 1.25. The number of nitrogens with zero attached hydrogens (tertiary/aromatic N) is 1. The number of rotatable bonds is 14. The summed E-state index contributed by atoms with van der Waals surface area (Å²) in [6.07, 6.45) is 1.16. The molecule has 1 saturated heterocycles. The van der Waals surface area contributed by atoms with E-state index >= 15 is 0 Å². The summed E-state index contributed by atoms with van der Waals surface area (Å²) >= 11 is 0. The number of guanidine groups is 1. The van der Waals surface area contributed by atoms with E-state index in [9.17, 15) is 29.1 Å². The second-order valence-electron chi connectivity index (χ2n) is 15.2. The van der Waals surface area contributed by atoms with Crippen LogP contribution >= 0.6 is 0 Å². The number of carbonyl (C=O) groups excluding carboxylic acids is 5. The van der Waals surface area contributed by atoms with Gasteiger partial charge in [0, 0.05) is 25.9 Å². The Kier molecular flexibility index (Phi) is 15.2. The zero-order valence-electron chi connectivity index (χ0n) is 33.9. The van der Waals surface area contributed by atoms with Crippen LogP contribution < -0.4 is 43.4 Å². The Bertz CT molecular complexity index is 2360. The highest BCUT2D eigenvalue weighted by Crippen LogP contribution is 2.19. The number of phenols is 1. The summed E-state index contributed by atoms with van der Waals surface area (Å²) in [5.41, 5.74) is 13.6. The lowest BCUT2D eigenvalue weighted by Gasteiger charge is -2.26. The molecule has 1 fully saturated rings.